The number of likely N-dealkylation sites (tertiary alicyclic amines) is 3. The molecule has 20 heteroatoms. The van der Waals surface area contributed by atoms with Crippen LogP contribution in [0.3, 0.4) is 0 Å². The van der Waals surface area contributed by atoms with Crippen LogP contribution in [0.1, 0.15) is 68.2 Å². The molecule has 0 bridgehead atoms. The topological polar surface area (TPSA) is 150 Å². The molecule has 3 unspecified atom stereocenters. The molecule has 3 heterocycles. The van der Waals surface area contributed by atoms with Crippen molar-refractivity contribution < 1.29 is 28.8 Å². The smallest absolute Gasteiger partial charge is 0.236 e. The Bertz CT molecular complexity index is 764. The lowest BCUT2D eigenvalue weighted by molar-refractivity contribution is -0.139. The summed E-state index contributed by atoms with van der Waals surface area (Å²) in [5.41, 5.74) is 5.04. The number of hydrogen-bond donors (Lipinski definition) is 2. The van der Waals surface area contributed by atoms with Crippen molar-refractivity contribution in [2.75, 3.05) is 45.9 Å². The van der Waals surface area contributed by atoms with Gasteiger partial charge >= 0.3 is 0 Å². The molecular formula is C25H56B3I3N5O6P3. The van der Waals surface area contributed by atoms with E-state index in [2.05, 4.69) is 104 Å². The van der Waals surface area contributed by atoms with Gasteiger partial charge in [-0.2, -0.15) is 18.2 Å². The van der Waals surface area contributed by atoms with Crippen LogP contribution in [0.2, 0.25) is 13.6 Å². The van der Waals surface area contributed by atoms with Gasteiger partial charge in [-0.1, -0.05) is 70.8 Å². The predicted molar refractivity (Wildman–Crippen MR) is 230 cm³/mol. The number of rotatable bonds is 8. The van der Waals surface area contributed by atoms with Crippen LogP contribution in [0.15, 0.2) is 0 Å². The summed E-state index contributed by atoms with van der Waals surface area (Å²) in [5.74, 6) is -0.687. The predicted octanol–water partition coefficient (Wildman–Crippen LogP) is 4.87. The fourth-order valence-electron chi connectivity index (χ4n) is 3.25. The zero-order chi connectivity index (χ0) is 32.1. The molecule has 3 fully saturated rings. The van der Waals surface area contributed by atoms with E-state index in [-0.39, 0.29) is 70.6 Å². The van der Waals surface area contributed by atoms with Crippen LogP contribution < -0.4 is 11.1 Å². The van der Waals surface area contributed by atoms with Crippen LogP contribution >= 0.6 is 90.5 Å². The number of nitrogens with zero attached hydrogens (tertiary/aromatic N) is 3. The Hall–Kier alpha value is 1.01. The van der Waals surface area contributed by atoms with Crippen molar-refractivity contribution in [2.24, 2.45) is 5.73 Å². The summed E-state index contributed by atoms with van der Waals surface area (Å²) >= 11 is 6.80. The van der Waals surface area contributed by atoms with Crippen molar-refractivity contribution in [1.29, 1.82) is 0 Å². The third-order valence-electron chi connectivity index (χ3n) is 4.84. The van der Waals surface area contributed by atoms with Crippen LogP contribution in [0.4, 0.5) is 0 Å². The standard InChI is InChI=1S/C12H17N3O4.C6H10N2O2.CH3BIP.2CH5BIP.4CH4/c16-9-1-2-10(17)14(9)7-5-13-6-8-15-11(18)3-4-12(15)19;7-3-4-8-5(9)1-2-6(8)10;1-4(2)3;2*1-2(3)4;;;;/h13H,1-8H2;1-4,7H2;1H3;2*4H2,1H3;4*1H4. The molecule has 0 spiro atoms. The van der Waals surface area contributed by atoms with Gasteiger partial charge in [0.05, 0.1) is 0 Å². The lowest BCUT2D eigenvalue weighted by Crippen LogP contribution is -2.39. The van der Waals surface area contributed by atoms with Crippen molar-refractivity contribution in [3.05, 3.63) is 0 Å². The maximum atomic E-state index is 11.3. The van der Waals surface area contributed by atoms with Crippen molar-refractivity contribution >= 4 is 142 Å². The van der Waals surface area contributed by atoms with Crippen molar-refractivity contribution in [3.63, 3.8) is 0 Å². The van der Waals surface area contributed by atoms with Crippen molar-refractivity contribution in [2.45, 2.75) is 81.9 Å². The molecule has 3 N–H and O–H groups in total. The molecule has 0 aromatic heterocycles. The summed E-state index contributed by atoms with van der Waals surface area (Å²) < 4.78 is 1.44. The van der Waals surface area contributed by atoms with Gasteiger partial charge < -0.3 is 11.1 Å². The summed E-state index contributed by atoms with van der Waals surface area (Å²) in [5, 5.41) is 3.03. The van der Waals surface area contributed by atoms with E-state index in [9.17, 15) is 28.8 Å². The largest absolute Gasteiger partial charge is 0.329 e. The molecule has 3 aliphatic heterocycles. The van der Waals surface area contributed by atoms with Gasteiger partial charge in [0.25, 0.3) is 0 Å². The molecule has 0 saturated carbocycles. The van der Waals surface area contributed by atoms with E-state index in [0.29, 0.717) is 77.8 Å². The fourth-order valence-corrected chi connectivity index (χ4v) is 3.25. The summed E-state index contributed by atoms with van der Waals surface area (Å²) in [4.78, 5) is 70.7. The first kappa shape index (κ1) is 58.2. The molecule has 11 nitrogen and oxygen atoms in total. The minimum absolute atomic E-state index is 0. The summed E-state index contributed by atoms with van der Waals surface area (Å²) in [6, 6.07) is 0. The minimum atomic E-state index is -0.150. The van der Waals surface area contributed by atoms with E-state index in [0.717, 1.165) is 8.58 Å². The number of nitrogens with one attached hydrogen (secondary N) is 1. The Balaban J connectivity index is -0.000000124. The summed E-state index contributed by atoms with van der Waals surface area (Å²) in [7, 11) is 10.5. The lowest BCUT2D eigenvalue weighted by atomic mass is 10.2. The Morgan fingerprint density at radius 2 is 0.867 bits per heavy atom. The molecule has 262 valence electrons. The highest BCUT2D eigenvalue weighted by Gasteiger charge is 2.29. The first-order valence-corrected chi connectivity index (χ1v) is 21.4. The number of imide groups is 3. The quantitative estimate of drug-likeness (QED) is 0.115. The molecule has 3 atom stereocenters. The Kier molecular flexibility index (Phi) is 45.1. The lowest BCUT2D eigenvalue weighted by Gasteiger charge is -2.16. The number of carbonyl (C=O) groups is 6. The Morgan fingerprint density at radius 3 is 1.04 bits per heavy atom. The highest BCUT2D eigenvalue weighted by atomic mass is 127. The normalized spacial score (nSPS) is 15.2. The van der Waals surface area contributed by atoms with Gasteiger partial charge in [0.2, 0.25) is 44.0 Å². The number of amides is 6. The van der Waals surface area contributed by atoms with Gasteiger partial charge in [-0.15, -0.1) is 44.7 Å². The maximum absolute atomic E-state index is 11.3. The Morgan fingerprint density at radius 1 is 0.689 bits per heavy atom. The third-order valence-corrected chi connectivity index (χ3v) is 4.84. The average Bonchev–Trinajstić information content (AvgIpc) is 3.46. The van der Waals surface area contributed by atoms with Gasteiger partial charge in [0.15, 0.2) is 0 Å². The molecule has 2 radical (unpaired) electrons. The number of halogens is 3. The second-order valence-electron chi connectivity index (χ2n) is 8.74. The molecule has 0 aromatic rings. The second kappa shape index (κ2) is 34.9. The fraction of sp³-hybridized carbons (Fsp3) is 0.760. The maximum Gasteiger partial charge on any atom is 0.236 e. The zero-order valence-corrected chi connectivity index (χ0v) is 33.5. The van der Waals surface area contributed by atoms with Gasteiger partial charge in [-0.05, 0) is 6.66 Å². The first-order chi connectivity index (χ1) is 19.0. The molecule has 6 amide bonds. The van der Waals surface area contributed by atoms with Gasteiger partial charge in [0, 0.05) is 77.8 Å². The summed E-state index contributed by atoms with van der Waals surface area (Å²) in [6.45, 7) is 8.61. The number of nitrogens with two attached hydrogens (primary N) is 1. The first-order valence-electron chi connectivity index (χ1n) is 12.9. The monoisotopic (exact) mass is 1030 g/mol. The van der Waals surface area contributed by atoms with E-state index in [1.165, 1.54) is 14.7 Å². The van der Waals surface area contributed by atoms with E-state index in [1.54, 1.807) is 0 Å². The van der Waals surface area contributed by atoms with Crippen molar-refractivity contribution in [3.8, 4) is 0 Å². The minimum Gasteiger partial charge on any atom is -0.329 e. The van der Waals surface area contributed by atoms with Crippen LogP contribution in [-0.2, 0) is 28.8 Å². The molecule has 3 aliphatic rings. The second-order valence-corrected chi connectivity index (χ2v) is 23.0. The van der Waals surface area contributed by atoms with E-state index in [4.69, 9.17) is 13.3 Å². The van der Waals surface area contributed by atoms with Gasteiger partial charge in [-0.3, -0.25) is 43.5 Å². The molecule has 45 heavy (non-hydrogen) atoms. The van der Waals surface area contributed by atoms with Crippen LogP contribution in [0.25, 0.3) is 0 Å². The van der Waals surface area contributed by atoms with Crippen LogP contribution in [0, 0.1) is 0 Å². The number of carbonyl (C=O) groups excluding carboxylic acids is 6. The average molecular weight is 1030 g/mol. The molecule has 3 saturated heterocycles. The zero-order valence-electron chi connectivity index (χ0n) is 23.8. The highest BCUT2D eigenvalue weighted by molar-refractivity contribution is 14.2. The number of hydrogen-bond acceptors (Lipinski definition) is 8. The van der Waals surface area contributed by atoms with Gasteiger partial charge in [-0.25, -0.2) is 0 Å². The van der Waals surface area contributed by atoms with E-state index >= 15 is 0 Å². The third kappa shape index (κ3) is 32.0. The highest BCUT2D eigenvalue weighted by Crippen LogP contribution is 2.32. The molecule has 3 rings (SSSR count). The molecule has 0 aromatic carbocycles. The van der Waals surface area contributed by atoms with Crippen molar-refractivity contribution in [1.82, 2.24) is 20.0 Å². The van der Waals surface area contributed by atoms with E-state index < -0.39 is 0 Å². The van der Waals surface area contributed by atoms with Crippen LogP contribution in [0.5, 0.6) is 0 Å². The van der Waals surface area contributed by atoms with E-state index in [1.807, 2.05) is 6.66 Å². The molecular weight excluding hydrogens is 972 g/mol. The SMILES string of the molecule is C.C.C.C.CB(P)I.CB(P)I.NCCN1C(=O)CCC1=O.O=C1CCC(=O)N1CCNCCN1C(=O)CCC1=O.[B]P(C)I. The Labute approximate surface area is 321 Å². The summed E-state index contributed by atoms with van der Waals surface area (Å²) in [6.07, 6.45) is 1.92. The van der Waals surface area contributed by atoms with Gasteiger partial charge in [0.1, 0.15) is 7.57 Å². The van der Waals surface area contributed by atoms with Crippen LogP contribution in [-0.4, -0.2) is 112 Å². The molecule has 0 aliphatic carbocycles.